The monoisotopic (exact) mass is 195 g/mol. The summed E-state index contributed by atoms with van der Waals surface area (Å²) in [6.45, 7) is 9.81. The van der Waals surface area contributed by atoms with Crippen LogP contribution in [0.4, 0.5) is 4.79 Å². The second-order valence-corrected chi connectivity index (χ2v) is 3.83. The van der Waals surface area contributed by atoms with Crippen LogP contribution < -0.4 is 0 Å². The molecule has 14 heavy (non-hydrogen) atoms. The van der Waals surface area contributed by atoms with Crippen LogP contribution in [0, 0.1) is 12.3 Å². The number of nitrogens with zero attached hydrogens (tertiary/aromatic N) is 1. The van der Waals surface area contributed by atoms with E-state index in [0.29, 0.717) is 6.54 Å². The minimum atomic E-state index is -0.407. The summed E-state index contributed by atoms with van der Waals surface area (Å²) < 4.78 is 4.84. The lowest BCUT2D eigenvalue weighted by Gasteiger charge is -2.33. The predicted octanol–water partition coefficient (Wildman–Crippen LogP) is 2.04. The van der Waals surface area contributed by atoms with Crippen molar-refractivity contribution in [3.05, 3.63) is 12.7 Å². The molecule has 0 radical (unpaired) electrons. The summed E-state index contributed by atoms with van der Waals surface area (Å²) >= 11 is 0. The first kappa shape index (κ1) is 12.6. The van der Waals surface area contributed by atoms with E-state index in [0.717, 1.165) is 0 Å². The lowest BCUT2D eigenvalue weighted by atomic mass is 10.1. The van der Waals surface area contributed by atoms with Gasteiger partial charge in [0.25, 0.3) is 0 Å². The first-order chi connectivity index (χ1) is 6.43. The number of hydrogen-bond donors (Lipinski definition) is 0. The van der Waals surface area contributed by atoms with Crippen molar-refractivity contribution in [3.8, 4) is 12.3 Å². The maximum atomic E-state index is 11.5. The van der Waals surface area contributed by atoms with Gasteiger partial charge in [0.15, 0.2) is 6.61 Å². The van der Waals surface area contributed by atoms with E-state index in [9.17, 15) is 4.79 Å². The molecular weight excluding hydrogens is 178 g/mol. The smallest absolute Gasteiger partial charge is 0.411 e. The Morgan fingerprint density at radius 1 is 1.64 bits per heavy atom. The predicted molar refractivity (Wildman–Crippen MR) is 56.8 cm³/mol. The van der Waals surface area contributed by atoms with Crippen LogP contribution >= 0.6 is 0 Å². The number of rotatable bonds is 3. The van der Waals surface area contributed by atoms with Crippen molar-refractivity contribution in [1.29, 1.82) is 0 Å². The molecule has 0 aromatic heterocycles. The maximum absolute atomic E-state index is 11.5. The second kappa shape index (κ2) is 5.33. The van der Waals surface area contributed by atoms with Gasteiger partial charge in [0.05, 0.1) is 0 Å². The largest absolute Gasteiger partial charge is 0.436 e. The van der Waals surface area contributed by atoms with Gasteiger partial charge in [-0.05, 0) is 20.8 Å². The molecule has 1 amide bonds. The van der Waals surface area contributed by atoms with E-state index < -0.39 is 6.09 Å². The number of carbonyl (C=O) groups excluding carboxylic acids is 1. The van der Waals surface area contributed by atoms with E-state index in [1.807, 2.05) is 20.8 Å². The zero-order valence-electron chi connectivity index (χ0n) is 9.04. The molecule has 0 fully saturated rings. The van der Waals surface area contributed by atoms with Crippen molar-refractivity contribution in [2.24, 2.45) is 0 Å². The fraction of sp³-hybridized carbons (Fsp3) is 0.545. The highest BCUT2D eigenvalue weighted by atomic mass is 16.6. The van der Waals surface area contributed by atoms with Gasteiger partial charge in [-0.2, -0.15) is 0 Å². The van der Waals surface area contributed by atoms with Gasteiger partial charge in [-0.25, -0.2) is 4.79 Å². The van der Waals surface area contributed by atoms with Crippen LogP contribution in [-0.4, -0.2) is 29.7 Å². The van der Waals surface area contributed by atoms with Gasteiger partial charge in [0.2, 0.25) is 0 Å². The molecule has 0 heterocycles. The highest BCUT2D eigenvalue weighted by Crippen LogP contribution is 2.14. The van der Waals surface area contributed by atoms with Crippen molar-refractivity contribution < 1.29 is 9.53 Å². The summed E-state index contributed by atoms with van der Waals surface area (Å²) in [6.07, 6.45) is 6.24. The summed E-state index contributed by atoms with van der Waals surface area (Å²) in [5.74, 6) is 2.25. The van der Waals surface area contributed by atoms with Crippen molar-refractivity contribution in [1.82, 2.24) is 4.90 Å². The molecule has 0 rings (SSSR count). The van der Waals surface area contributed by atoms with Gasteiger partial charge in [0, 0.05) is 12.1 Å². The zero-order valence-corrected chi connectivity index (χ0v) is 9.04. The first-order valence-corrected chi connectivity index (χ1v) is 4.42. The van der Waals surface area contributed by atoms with Crippen LogP contribution in [0.2, 0.25) is 0 Å². The van der Waals surface area contributed by atoms with Crippen molar-refractivity contribution in [3.63, 3.8) is 0 Å². The van der Waals surface area contributed by atoms with Gasteiger partial charge in [-0.1, -0.05) is 12.0 Å². The molecule has 0 aliphatic rings. The minimum Gasteiger partial charge on any atom is -0.436 e. The number of carbonyl (C=O) groups is 1. The van der Waals surface area contributed by atoms with Gasteiger partial charge in [0.1, 0.15) is 0 Å². The average Bonchev–Trinajstić information content (AvgIpc) is 2.08. The standard InChI is InChI=1S/C11H17NO2/c1-6-8-12(11(3,4)5)10(13)14-9-7-2/h2,6H,1,8-9H2,3-5H3. The normalized spacial score (nSPS) is 10.1. The summed E-state index contributed by atoms with van der Waals surface area (Å²) in [5.41, 5.74) is -0.292. The molecule has 78 valence electrons. The number of hydrogen-bond acceptors (Lipinski definition) is 2. The molecule has 0 bridgehead atoms. The Balaban J connectivity index is 4.43. The Labute approximate surface area is 85.7 Å². The van der Waals surface area contributed by atoms with Crippen LogP contribution in [0.5, 0.6) is 0 Å². The molecule has 0 unspecified atom stereocenters. The molecule has 0 aliphatic carbocycles. The van der Waals surface area contributed by atoms with E-state index in [4.69, 9.17) is 11.2 Å². The van der Waals surface area contributed by atoms with Crippen LogP contribution in [0.25, 0.3) is 0 Å². The minimum absolute atomic E-state index is 0.00254. The average molecular weight is 195 g/mol. The molecule has 0 aromatic rings. The Bertz CT molecular complexity index is 245. The van der Waals surface area contributed by atoms with Gasteiger partial charge < -0.3 is 4.74 Å². The third kappa shape index (κ3) is 3.99. The lowest BCUT2D eigenvalue weighted by Crippen LogP contribution is -2.45. The van der Waals surface area contributed by atoms with E-state index in [1.165, 1.54) is 0 Å². The quantitative estimate of drug-likeness (QED) is 0.509. The van der Waals surface area contributed by atoms with E-state index >= 15 is 0 Å². The molecule has 0 saturated carbocycles. The Kier molecular flexibility index (Phi) is 4.79. The van der Waals surface area contributed by atoms with Crippen LogP contribution in [0.3, 0.4) is 0 Å². The molecule has 0 spiro atoms. The molecular formula is C11H17NO2. The van der Waals surface area contributed by atoms with Crippen LogP contribution in [-0.2, 0) is 4.74 Å². The van der Waals surface area contributed by atoms with E-state index in [-0.39, 0.29) is 12.1 Å². The third-order valence-electron chi connectivity index (χ3n) is 1.62. The Hall–Kier alpha value is -1.43. The Morgan fingerprint density at radius 3 is 2.57 bits per heavy atom. The van der Waals surface area contributed by atoms with Gasteiger partial charge in [-0.15, -0.1) is 13.0 Å². The topological polar surface area (TPSA) is 29.5 Å². The van der Waals surface area contributed by atoms with Crippen LogP contribution in [0.1, 0.15) is 20.8 Å². The zero-order chi connectivity index (χ0) is 11.2. The summed E-state index contributed by atoms with van der Waals surface area (Å²) in [4.78, 5) is 13.1. The maximum Gasteiger partial charge on any atom is 0.411 e. The highest BCUT2D eigenvalue weighted by Gasteiger charge is 2.26. The Morgan fingerprint density at radius 2 is 2.21 bits per heavy atom. The first-order valence-electron chi connectivity index (χ1n) is 4.42. The highest BCUT2D eigenvalue weighted by molar-refractivity contribution is 5.69. The molecule has 3 heteroatoms. The molecule has 0 aliphatic heterocycles. The lowest BCUT2D eigenvalue weighted by molar-refractivity contribution is 0.0830. The fourth-order valence-corrected chi connectivity index (χ4v) is 0.933. The summed E-state index contributed by atoms with van der Waals surface area (Å²) in [5, 5.41) is 0. The molecule has 0 aromatic carbocycles. The van der Waals surface area contributed by atoms with Crippen molar-refractivity contribution in [2.45, 2.75) is 26.3 Å². The van der Waals surface area contributed by atoms with Crippen LogP contribution in [0.15, 0.2) is 12.7 Å². The number of amides is 1. The molecule has 3 nitrogen and oxygen atoms in total. The fourth-order valence-electron chi connectivity index (χ4n) is 0.933. The van der Waals surface area contributed by atoms with Gasteiger partial charge in [-0.3, -0.25) is 4.90 Å². The molecule has 0 atom stereocenters. The summed E-state index contributed by atoms with van der Waals surface area (Å²) in [7, 11) is 0. The third-order valence-corrected chi connectivity index (χ3v) is 1.62. The van der Waals surface area contributed by atoms with Crippen molar-refractivity contribution >= 4 is 6.09 Å². The van der Waals surface area contributed by atoms with Crippen molar-refractivity contribution in [2.75, 3.05) is 13.2 Å². The summed E-state index contributed by atoms with van der Waals surface area (Å²) in [6, 6.07) is 0. The number of terminal acetylenes is 1. The SMILES string of the molecule is C#CCOC(=O)N(CC=C)C(C)(C)C. The second-order valence-electron chi connectivity index (χ2n) is 3.83. The van der Waals surface area contributed by atoms with Gasteiger partial charge >= 0.3 is 6.09 Å². The van der Waals surface area contributed by atoms with E-state index in [1.54, 1.807) is 11.0 Å². The number of ether oxygens (including phenoxy) is 1. The molecule has 0 saturated heterocycles. The van der Waals surface area contributed by atoms with E-state index in [2.05, 4.69) is 12.5 Å². The molecule has 0 N–H and O–H groups in total.